The minimum Gasteiger partial charge on any atom is -0.451 e. The smallest absolute Gasteiger partial charge is 0.355 e. The summed E-state index contributed by atoms with van der Waals surface area (Å²) in [7, 11) is 1.54. The molecule has 0 N–H and O–H groups in total. The average molecular weight is 391 g/mol. The van der Waals surface area contributed by atoms with Crippen LogP contribution in [0.1, 0.15) is 74.7 Å². The molecule has 1 aromatic heterocycles. The highest BCUT2D eigenvalue weighted by atomic mass is 16.6. The Labute approximate surface area is 165 Å². The van der Waals surface area contributed by atoms with Crippen LogP contribution < -0.4 is 0 Å². The fourth-order valence-electron chi connectivity index (χ4n) is 4.55. The number of aryl methyl sites for hydroxylation is 1. The third-order valence-corrected chi connectivity index (χ3v) is 5.96. The van der Waals surface area contributed by atoms with E-state index in [0.717, 1.165) is 51.4 Å². The van der Waals surface area contributed by atoms with Gasteiger partial charge in [0, 0.05) is 25.2 Å². The van der Waals surface area contributed by atoms with Crippen LogP contribution >= 0.6 is 0 Å². The fraction of sp³-hybridized carbons (Fsp3) is 0.700. The second-order valence-corrected chi connectivity index (χ2v) is 7.91. The van der Waals surface area contributed by atoms with Gasteiger partial charge in [0.25, 0.3) is 11.6 Å². The molecule has 2 aliphatic rings. The van der Waals surface area contributed by atoms with Crippen LogP contribution in [0.4, 0.5) is 5.69 Å². The summed E-state index contributed by atoms with van der Waals surface area (Å²) in [6, 6.07) is 1.64. The molecule has 8 nitrogen and oxygen atoms in total. The summed E-state index contributed by atoms with van der Waals surface area (Å²) in [6.45, 7) is -0.315. The van der Waals surface area contributed by atoms with E-state index in [1.165, 1.54) is 29.7 Å². The Morgan fingerprint density at radius 1 is 1.11 bits per heavy atom. The standard InChI is InChI=1S/C20H29N3O5/c1-21-13-17(23(26)27)12-18(21)20(25)28-14-19(24)22(15-8-4-2-5-9-15)16-10-6-3-7-11-16/h12-13,15-16H,2-11,14H2,1H3. The average Bonchev–Trinajstić information content (AvgIpc) is 3.10. The van der Waals surface area contributed by atoms with Gasteiger partial charge in [-0.25, -0.2) is 4.79 Å². The summed E-state index contributed by atoms with van der Waals surface area (Å²) in [6.07, 6.45) is 12.3. The predicted molar refractivity (Wildman–Crippen MR) is 103 cm³/mol. The molecule has 2 aliphatic carbocycles. The van der Waals surface area contributed by atoms with Gasteiger partial charge >= 0.3 is 5.97 Å². The monoisotopic (exact) mass is 391 g/mol. The number of nitrogens with zero attached hydrogens (tertiary/aromatic N) is 3. The zero-order chi connectivity index (χ0) is 20.1. The first-order chi connectivity index (χ1) is 13.5. The van der Waals surface area contributed by atoms with Crippen molar-refractivity contribution in [2.45, 2.75) is 76.3 Å². The van der Waals surface area contributed by atoms with Gasteiger partial charge in [0.1, 0.15) is 5.69 Å². The van der Waals surface area contributed by atoms with Gasteiger partial charge in [-0.1, -0.05) is 38.5 Å². The Bertz CT molecular complexity index is 699. The van der Waals surface area contributed by atoms with Gasteiger partial charge in [0.05, 0.1) is 11.1 Å². The van der Waals surface area contributed by atoms with Crippen LogP contribution in [0.3, 0.4) is 0 Å². The highest BCUT2D eigenvalue weighted by Gasteiger charge is 2.33. The minimum atomic E-state index is -0.712. The van der Waals surface area contributed by atoms with E-state index in [-0.39, 0.29) is 36.0 Å². The SMILES string of the molecule is Cn1cc([N+](=O)[O-])cc1C(=O)OCC(=O)N(C1CCCCC1)C1CCCCC1. The van der Waals surface area contributed by atoms with Crippen LogP contribution in [0.25, 0.3) is 0 Å². The zero-order valence-corrected chi connectivity index (χ0v) is 16.5. The van der Waals surface area contributed by atoms with Gasteiger partial charge in [-0.05, 0) is 25.7 Å². The van der Waals surface area contributed by atoms with E-state index < -0.39 is 10.9 Å². The quantitative estimate of drug-likeness (QED) is 0.420. The Morgan fingerprint density at radius 3 is 2.11 bits per heavy atom. The van der Waals surface area contributed by atoms with Gasteiger partial charge in [-0.3, -0.25) is 14.9 Å². The zero-order valence-electron chi connectivity index (χ0n) is 16.5. The Kier molecular flexibility index (Phi) is 6.70. The van der Waals surface area contributed by atoms with Gasteiger partial charge in [0.15, 0.2) is 6.61 Å². The van der Waals surface area contributed by atoms with Gasteiger partial charge < -0.3 is 14.2 Å². The number of aromatic nitrogens is 1. The third-order valence-electron chi connectivity index (χ3n) is 5.96. The van der Waals surface area contributed by atoms with Crippen molar-refractivity contribution in [2.24, 2.45) is 7.05 Å². The van der Waals surface area contributed by atoms with E-state index in [2.05, 4.69) is 0 Å². The van der Waals surface area contributed by atoms with Crippen LogP contribution in [-0.2, 0) is 16.6 Å². The first-order valence-corrected chi connectivity index (χ1v) is 10.3. The van der Waals surface area contributed by atoms with Gasteiger partial charge in [-0.2, -0.15) is 0 Å². The van der Waals surface area contributed by atoms with Crippen molar-refractivity contribution in [1.29, 1.82) is 0 Å². The normalized spacial score (nSPS) is 18.6. The lowest BCUT2D eigenvalue weighted by molar-refractivity contribution is -0.384. The molecule has 3 rings (SSSR count). The predicted octanol–water partition coefficient (Wildman–Crippen LogP) is 3.58. The van der Waals surface area contributed by atoms with E-state index >= 15 is 0 Å². The second-order valence-electron chi connectivity index (χ2n) is 7.91. The molecule has 1 aromatic rings. The molecule has 8 heteroatoms. The van der Waals surface area contributed by atoms with Gasteiger partial charge in [0.2, 0.25) is 0 Å². The first kappa shape index (κ1) is 20.4. The number of carbonyl (C=O) groups excluding carboxylic acids is 2. The van der Waals surface area contributed by atoms with E-state index in [0.29, 0.717) is 0 Å². The van der Waals surface area contributed by atoms with Crippen molar-refractivity contribution in [3.05, 3.63) is 28.1 Å². The summed E-state index contributed by atoms with van der Waals surface area (Å²) in [5.74, 6) is -0.855. The maximum absolute atomic E-state index is 13.0. The van der Waals surface area contributed by atoms with Crippen molar-refractivity contribution in [1.82, 2.24) is 9.47 Å². The lowest BCUT2D eigenvalue weighted by atomic mass is 9.88. The molecule has 28 heavy (non-hydrogen) atoms. The number of nitro groups is 1. The minimum absolute atomic E-state index is 0.0707. The number of esters is 1. The summed E-state index contributed by atoms with van der Waals surface area (Å²) in [5, 5.41) is 10.9. The number of hydrogen-bond acceptors (Lipinski definition) is 5. The topological polar surface area (TPSA) is 94.7 Å². The molecule has 0 radical (unpaired) electrons. The molecule has 0 unspecified atom stereocenters. The molecular weight excluding hydrogens is 362 g/mol. The summed E-state index contributed by atoms with van der Waals surface area (Å²) in [4.78, 5) is 37.7. The summed E-state index contributed by atoms with van der Waals surface area (Å²) >= 11 is 0. The summed E-state index contributed by atoms with van der Waals surface area (Å²) in [5.41, 5.74) is -0.104. The molecule has 1 heterocycles. The maximum atomic E-state index is 13.0. The van der Waals surface area contributed by atoms with Crippen molar-refractivity contribution in [2.75, 3.05) is 6.61 Å². The Hall–Kier alpha value is -2.38. The number of carbonyl (C=O) groups is 2. The highest BCUT2D eigenvalue weighted by molar-refractivity contribution is 5.90. The lowest BCUT2D eigenvalue weighted by Crippen LogP contribution is -2.50. The molecule has 2 fully saturated rings. The van der Waals surface area contributed by atoms with Crippen molar-refractivity contribution < 1.29 is 19.2 Å². The number of ether oxygens (including phenoxy) is 1. The lowest BCUT2D eigenvalue weighted by Gasteiger charge is -2.41. The molecule has 0 aliphatic heterocycles. The maximum Gasteiger partial charge on any atom is 0.355 e. The first-order valence-electron chi connectivity index (χ1n) is 10.3. The molecule has 1 amide bonds. The molecule has 154 valence electrons. The molecule has 2 saturated carbocycles. The van der Waals surface area contributed by atoms with E-state index in [9.17, 15) is 19.7 Å². The fourth-order valence-corrected chi connectivity index (χ4v) is 4.55. The van der Waals surface area contributed by atoms with E-state index in [1.54, 1.807) is 7.05 Å². The molecule has 0 aromatic carbocycles. The van der Waals surface area contributed by atoms with Gasteiger partial charge in [-0.15, -0.1) is 0 Å². The Morgan fingerprint density at radius 2 is 1.64 bits per heavy atom. The number of hydrogen-bond donors (Lipinski definition) is 0. The Balaban J connectivity index is 1.65. The summed E-state index contributed by atoms with van der Waals surface area (Å²) < 4.78 is 6.60. The van der Waals surface area contributed by atoms with Crippen LogP contribution in [-0.4, -0.2) is 45.0 Å². The molecular formula is C20H29N3O5. The van der Waals surface area contributed by atoms with Crippen molar-refractivity contribution in [3.63, 3.8) is 0 Å². The third kappa shape index (κ3) is 4.72. The molecule has 0 saturated heterocycles. The van der Waals surface area contributed by atoms with Crippen molar-refractivity contribution >= 4 is 17.6 Å². The van der Waals surface area contributed by atoms with E-state index in [1.807, 2.05) is 4.90 Å². The van der Waals surface area contributed by atoms with Crippen LogP contribution in [0.15, 0.2) is 12.3 Å². The highest BCUT2D eigenvalue weighted by Crippen LogP contribution is 2.30. The largest absolute Gasteiger partial charge is 0.451 e. The van der Waals surface area contributed by atoms with E-state index in [4.69, 9.17) is 4.74 Å². The molecule has 0 bridgehead atoms. The van der Waals surface area contributed by atoms with Crippen LogP contribution in [0.5, 0.6) is 0 Å². The second kappa shape index (κ2) is 9.21. The molecule has 0 atom stereocenters. The number of rotatable bonds is 6. The van der Waals surface area contributed by atoms with Crippen molar-refractivity contribution in [3.8, 4) is 0 Å². The van der Waals surface area contributed by atoms with Crippen LogP contribution in [0, 0.1) is 10.1 Å². The number of amides is 1. The molecule has 0 spiro atoms. The van der Waals surface area contributed by atoms with Crippen LogP contribution in [0.2, 0.25) is 0 Å².